The summed E-state index contributed by atoms with van der Waals surface area (Å²) >= 11 is 0. The Morgan fingerprint density at radius 2 is 1.84 bits per heavy atom. The fraction of sp³-hybridized carbons (Fsp3) is 0.435. The maximum absolute atomic E-state index is 12.4. The van der Waals surface area contributed by atoms with E-state index >= 15 is 0 Å². The third-order valence-corrected chi connectivity index (χ3v) is 5.80. The maximum Gasteiger partial charge on any atom is 0.321 e. The van der Waals surface area contributed by atoms with Crippen LogP contribution in [0.25, 0.3) is 0 Å². The van der Waals surface area contributed by atoms with Gasteiger partial charge in [-0.15, -0.1) is 0 Å². The van der Waals surface area contributed by atoms with Crippen molar-refractivity contribution in [3.05, 3.63) is 54.4 Å². The number of benzene rings is 1. The van der Waals surface area contributed by atoms with Gasteiger partial charge in [0.25, 0.3) is 0 Å². The molecule has 0 unspecified atom stereocenters. The zero-order valence-electron chi connectivity index (χ0n) is 17.7. The van der Waals surface area contributed by atoms with Gasteiger partial charge in [-0.1, -0.05) is 6.07 Å². The fourth-order valence-electron chi connectivity index (χ4n) is 3.92. The van der Waals surface area contributed by atoms with E-state index in [0.29, 0.717) is 32.1 Å². The van der Waals surface area contributed by atoms with Crippen LogP contribution in [0.1, 0.15) is 24.3 Å². The summed E-state index contributed by atoms with van der Waals surface area (Å²) in [6.45, 7) is 2.88. The molecule has 8 heteroatoms. The molecule has 2 aliphatic rings. The highest BCUT2D eigenvalue weighted by Crippen LogP contribution is 2.27. The van der Waals surface area contributed by atoms with Gasteiger partial charge in [-0.3, -0.25) is 9.78 Å². The molecule has 1 aromatic carbocycles. The van der Waals surface area contributed by atoms with Crippen molar-refractivity contribution in [3.8, 4) is 5.75 Å². The molecule has 3 heterocycles. The van der Waals surface area contributed by atoms with Crippen LogP contribution in [-0.4, -0.2) is 72.7 Å². The van der Waals surface area contributed by atoms with Gasteiger partial charge in [0, 0.05) is 70.1 Å². The number of carbonyl (C=O) groups is 2. The minimum atomic E-state index is -0.0955. The molecular formula is C23H28N4O4. The summed E-state index contributed by atoms with van der Waals surface area (Å²) in [4.78, 5) is 32.1. The first-order valence-electron chi connectivity index (χ1n) is 10.6. The zero-order valence-corrected chi connectivity index (χ0v) is 17.7. The summed E-state index contributed by atoms with van der Waals surface area (Å²) in [7, 11) is 1.53. The molecule has 2 fully saturated rings. The van der Waals surface area contributed by atoms with Gasteiger partial charge in [-0.2, -0.15) is 0 Å². The molecule has 0 bridgehead atoms. The highest BCUT2D eigenvalue weighted by atomic mass is 16.5. The molecule has 2 aromatic rings. The molecule has 4 rings (SSSR count). The molecule has 0 atom stereocenters. The first-order chi connectivity index (χ1) is 15.1. The number of nitrogens with one attached hydrogen (secondary N) is 1. The predicted octanol–water partition coefficient (Wildman–Crippen LogP) is 2.73. The average Bonchev–Trinajstić information content (AvgIpc) is 2.75. The Morgan fingerprint density at radius 3 is 2.48 bits per heavy atom. The number of hydrogen-bond donors (Lipinski definition) is 1. The van der Waals surface area contributed by atoms with Crippen LogP contribution in [0.3, 0.4) is 0 Å². The second-order valence-electron chi connectivity index (χ2n) is 7.97. The second kappa shape index (κ2) is 9.78. The average molecular weight is 425 g/mol. The van der Waals surface area contributed by atoms with Crippen molar-refractivity contribution in [3.63, 3.8) is 0 Å². The van der Waals surface area contributed by atoms with Gasteiger partial charge in [0.15, 0.2) is 0 Å². The van der Waals surface area contributed by atoms with Crippen LogP contribution in [0.2, 0.25) is 0 Å². The lowest BCUT2D eigenvalue weighted by Crippen LogP contribution is -2.50. The Labute approximate surface area is 182 Å². The van der Waals surface area contributed by atoms with Crippen molar-refractivity contribution < 1.29 is 19.1 Å². The number of hydrogen-bond acceptors (Lipinski definition) is 5. The number of ether oxygens (including phenoxy) is 2. The number of urea groups is 1. The van der Waals surface area contributed by atoms with Gasteiger partial charge >= 0.3 is 6.03 Å². The third-order valence-electron chi connectivity index (χ3n) is 5.80. The maximum atomic E-state index is 12.4. The number of likely N-dealkylation sites (tertiary alicyclic amines) is 2. The molecule has 0 aliphatic carbocycles. The van der Waals surface area contributed by atoms with E-state index in [1.807, 2.05) is 47.5 Å². The number of carbonyl (C=O) groups excluding carboxylic acids is 2. The minimum absolute atomic E-state index is 0.0232. The van der Waals surface area contributed by atoms with E-state index in [-0.39, 0.29) is 24.6 Å². The first-order valence-corrected chi connectivity index (χ1v) is 10.6. The number of rotatable bonds is 6. The van der Waals surface area contributed by atoms with E-state index < -0.39 is 0 Å². The largest absolute Gasteiger partial charge is 0.490 e. The summed E-state index contributed by atoms with van der Waals surface area (Å²) < 4.78 is 11.0. The topological polar surface area (TPSA) is 84.0 Å². The van der Waals surface area contributed by atoms with Crippen LogP contribution in [0, 0.1) is 0 Å². The number of piperidine rings is 1. The molecule has 2 saturated heterocycles. The lowest BCUT2D eigenvalue weighted by Gasteiger charge is -2.39. The van der Waals surface area contributed by atoms with E-state index in [1.165, 1.54) is 12.7 Å². The molecule has 0 saturated carbocycles. The van der Waals surface area contributed by atoms with Gasteiger partial charge in [0.05, 0.1) is 0 Å². The predicted molar refractivity (Wildman–Crippen MR) is 116 cm³/mol. The van der Waals surface area contributed by atoms with Crippen LogP contribution in [-0.2, 0) is 9.53 Å². The Bertz CT molecular complexity index is 876. The first kappa shape index (κ1) is 21.1. The fourth-order valence-corrected chi connectivity index (χ4v) is 3.92. The van der Waals surface area contributed by atoms with Crippen molar-refractivity contribution in [1.82, 2.24) is 14.8 Å². The molecule has 2 aliphatic heterocycles. The Morgan fingerprint density at radius 1 is 1.10 bits per heavy atom. The third kappa shape index (κ3) is 5.32. The normalized spacial score (nSPS) is 17.2. The summed E-state index contributed by atoms with van der Waals surface area (Å²) in [5.41, 5.74) is 1.91. The summed E-state index contributed by atoms with van der Waals surface area (Å²) in [5.74, 6) is 1.14. The van der Waals surface area contributed by atoms with Gasteiger partial charge in [0.1, 0.15) is 18.5 Å². The number of methoxy groups -OCH3 is 1. The number of nitrogens with zero attached hydrogens (tertiary/aromatic N) is 3. The summed E-state index contributed by atoms with van der Waals surface area (Å²) in [6.07, 6.45) is 5.28. The van der Waals surface area contributed by atoms with Crippen molar-refractivity contribution in [1.29, 1.82) is 0 Å². The van der Waals surface area contributed by atoms with Gasteiger partial charge < -0.3 is 24.6 Å². The smallest absolute Gasteiger partial charge is 0.321 e. The van der Waals surface area contributed by atoms with Crippen LogP contribution in [0.15, 0.2) is 48.8 Å². The van der Waals surface area contributed by atoms with Crippen molar-refractivity contribution in [2.24, 2.45) is 0 Å². The van der Waals surface area contributed by atoms with Gasteiger partial charge in [-0.05, 0) is 35.9 Å². The molecule has 164 valence electrons. The monoisotopic (exact) mass is 424 g/mol. The van der Waals surface area contributed by atoms with Crippen molar-refractivity contribution in [2.45, 2.75) is 24.9 Å². The van der Waals surface area contributed by atoms with Crippen LogP contribution in [0.4, 0.5) is 10.5 Å². The number of anilines is 1. The van der Waals surface area contributed by atoms with Crippen LogP contribution in [0.5, 0.6) is 5.75 Å². The minimum Gasteiger partial charge on any atom is -0.490 e. The lowest BCUT2D eigenvalue weighted by molar-refractivity contribution is -0.136. The lowest BCUT2D eigenvalue weighted by atomic mass is 9.93. The van der Waals surface area contributed by atoms with Crippen molar-refractivity contribution in [2.75, 3.05) is 45.2 Å². The quantitative estimate of drug-likeness (QED) is 0.771. The molecular weight excluding hydrogens is 396 g/mol. The molecule has 0 spiro atoms. The van der Waals surface area contributed by atoms with Gasteiger partial charge in [0.2, 0.25) is 5.91 Å². The summed E-state index contributed by atoms with van der Waals surface area (Å²) in [6, 6.07) is 11.3. The summed E-state index contributed by atoms with van der Waals surface area (Å²) in [5, 5.41) is 2.94. The Hall–Kier alpha value is -3.13. The van der Waals surface area contributed by atoms with Crippen molar-refractivity contribution >= 4 is 17.6 Å². The van der Waals surface area contributed by atoms with Gasteiger partial charge in [-0.25, -0.2) is 4.79 Å². The van der Waals surface area contributed by atoms with E-state index in [0.717, 1.165) is 24.3 Å². The number of amides is 3. The molecule has 1 aromatic heterocycles. The molecule has 1 N–H and O–H groups in total. The highest BCUT2D eigenvalue weighted by molar-refractivity contribution is 5.90. The molecule has 31 heavy (non-hydrogen) atoms. The second-order valence-corrected chi connectivity index (χ2v) is 7.97. The Kier molecular flexibility index (Phi) is 6.66. The van der Waals surface area contributed by atoms with E-state index in [4.69, 9.17) is 9.47 Å². The highest BCUT2D eigenvalue weighted by Gasteiger charge is 2.31. The van der Waals surface area contributed by atoms with Crippen LogP contribution < -0.4 is 10.1 Å². The number of aromatic nitrogens is 1. The standard InChI is InChI=1S/C23H28N4O4/c1-30-16-22(28)26-11-8-21(9-12-26)31-20-6-4-19(5-7-20)25-23(29)27-14-18(15-27)17-3-2-10-24-13-17/h2-7,10,13,18,21H,8-9,11-12,14-16H2,1H3,(H,25,29). The Balaban J connectivity index is 1.20. The van der Waals surface area contributed by atoms with Crippen LogP contribution >= 0.6 is 0 Å². The van der Waals surface area contributed by atoms with E-state index in [2.05, 4.69) is 10.3 Å². The zero-order chi connectivity index (χ0) is 21.6. The van der Waals surface area contributed by atoms with E-state index in [1.54, 1.807) is 11.1 Å². The van der Waals surface area contributed by atoms with E-state index in [9.17, 15) is 9.59 Å². The number of pyridine rings is 1. The molecule has 0 radical (unpaired) electrons. The SMILES string of the molecule is COCC(=O)N1CCC(Oc2ccc(NC(=O)N3CC(c4cccnc4)C3)cc2)CC1. The molecule has 3 amide bonds. The molecule has 8 nitrogen and oxygen atoms in total.